The van der Waals surface area contributed by atoms with Crippen molar-refractivity contribution in [1.29, 1.82) is 0 Å². The number of rotatable bonds is 7. The Bertz CT molecular complexity index is 222. The number of hydrogen-bond donors (Lipinski definition) is 0. The molecule has 0 radical (unpaired) electrons. The third kappa shape index (κ3) is 7.26. The molecule has 0 saturated carbocycles. The predicted molar refractivity (Wildman–Crippen MR) is 71.8 cm³/mol. The van der Waals surface area contributed by atoms with Crippen molar-refractivity contribution in [3.05, 3.63) is 0 Å². The van der Waals surface area contributed by atoms with Gasteiger partial charge in [0.15, 0.2) is 0 Å². The second-order valence-corrected chi connectivity index (χ2v) is 6.50. The summed E-state index contributed by atoms with van der Waals surface area (Å²) in [5, 5.41) is 0.989. The Hall–Kier alpha value is -0.0500. The van der Waals surface area contributed by atoms with Crippen molar-refractivity contribution in [3.63, 3.8) is 0 Å². The van der Waals surface area contributed by atoms with Gasteiger partial charge in [-0.2, -0.15) is 0 Å². The summed E-state index contributed by atoms with van der Waals surface area (Å²) in [6.07, 6.45) is 2.52. The van der Waals surface area contributed by atoms with Gasteiger partial charge in [0, 0.05) is 11.8 Å². The number of hydrogen-bond acceptors (Lipinski definition) is 2. The minimum Gasteiger partial charge on any atom is -0.466 e. The molecule has 0 bridgehead atoms. The third-order valence-corrected chi connectivity index (χ3v) is 4.15. The molecular formula is C13H25BrO2. The van der Waals surface area contributed by atoms with Crippen LogP contribution in [-0.2, 0) is 9.53 Å². The summed E-state index contributed by atoms with van der Waals surface area (Å²) in [4.78, 5) is 11.3. The van der Waals surface area contributed by atoms with E-state index in [1.54, 1.807) is 0 Å². The molecule has 0 saturated heterocycles. The van der Waals surface area contributed by atoms with Crippen LogP contribution in [-0.4, -0.2) is 17.9 Å². The highest BCUT2D eigenvalue weighted by molar-refractivity contribution is 9.09. The lowest BCUT2D eigenvalue weighted by molar-refractivity contribution is -0.143. The lowest BCUT2D eigenvalue weighted by Gasteiger charge is -2.33. The maximum atomic E-state index is 11.3. The smallest absolute Gasteiger partial charge is 0.305 e. The molecule has 0 aromatic rings. The monoisotopic (exact) mass is 292 g/mol. The normalized spacial score (nSPS) is 12.6. The van der Waals surface area contributed by atoms with Gasteiger partial charge in [0.1, 0.15) is 0 Å². The highest BCUT2D eigenvalue weighted by Gasteiger charge is 2.28. The minimum absolute atomic E-state index is 0.0766. The van der Waals surface area contributed by atoms with Gasteiger partial charge in [-0.3, -0.25) is 4.79 Å². The van der Waals surface area contributed by atoms with Gasteiger partial charge in [-0.15, -0.1) is 0 Å². The quantitative estimate of drug-likeness (QED) is 0.520. The fourth-order valence-electron chi connectivity index (χ4n) is 2.10. The van der Waals surface area contributed by atoms with E-state index < -0.39 is 0 Å². The second kappa shape index (κ2) is 6.63. The molecule has 0 spiro atoms. The summed E-state index contributed by atoms with van der Waals surface area (Å²) in [5.74, 6) is -0.0766. The molecule has 0 aliphatic carbocycles. The van der Waals surface area contributed by atoms with Gasteiger partial charge >= 0.3 is 5.97 Å². The minimum atomic E-state index is -0.0766. The molecule has 3 heteroatoms. The Labute approximate surface area is 108 Å². The van der Waals surface area contributed by atoms with Crippen LogP contribution >= 0.6 is 15.9 Å². The Morgan fingerprint density at radius 2 is 1.75 bits per heavy atom. The van der Waals surface area contributed by atoms with Crippen LogP contribution < -0.4 is 0 Å². The van der Waals surface area contributed by atoms with Crippen LogP contribution in [0.4, 0.5) is 0 Å². The van der Waals surface area contributed by atoms with Gasteiger partial charge in [-0.25, -0.2) is 0 Å². The first-order valence-electron chi connectivity index (χ1n) is 5.94. The van der Waals surface area contributed by atoms with Crippen LogP contribution in [0.1, 0.15) is 53.9 Å². The van der Waals surface area contributed by atoms with Crippen LogP contribution in [0.3, 0.4) is 0 Å². The topological polar surface area (TPSA) is 26.3 Å². The van der Waals surface area contributed by atoms with Crippen LogP contribution in [0, 0.1) is 10.8 Å². The van der Waals surface area contributed by atoms with Crippen LogP contribution in [0.2, 0.25) is 0 Å². The zero-order valence-corrected chi connectivity index (χ0v) is 12.8. The molecule has 0 aromatic heterocycles. The lowest BCUT2D eigenvalue weighted by Crippen LogP contribution is -2.25. The summed E-state index contributed by atoms with van der Waals surface area (Å²) in [6.45, 7) is 11.2. The average molecular weight is 293 g/mol. The van der Waals surface area contributed by atoms with E-state index in [2.05, 4.69) is 43.6 Å². The SMILES string of the molecule is CCOC(=O)CCC(C)(C)CC(C)(C)CBr. The van der Waals surface area contributed by atoms with Gasteiger partial charge in [-0.1, -0.05) is 43.6 Å². The molecular weight excluding hydrogens is 268 g/mol. The number of alkyl halides is 1. The molecule has 0 N–H and O–H groups in total. The number of esters is 1. The molecule has 0 unspecified atom stereocenters. The molecule has 0 heterocycles. The molecule has 0 atom stereocenters. The van der Waals surface area contributed by atoms with Crippen LogP contribution in [0.5, 0.6) is 0 Å². The van der Waals surface area contributed by atoms with E-state index in [1.807, 2.05) is 6.92 Å². The summed E-state index contributed by atoms with van der Waals surface area (Å²) in [6, 6.07) is 0. The van der Waals surface area contributed by atoms with Gasteiger partial charge < -0.3 is 4.74 Å². The summed E-state index contributed by atoms with van der Waals surface area (Å²) >= 11 is 3.54. The van der Waals surface area contributed by atoms with Gasteiger partial charge in [-0.05, 0) is 30.6 Å². The standard InChI is InChI=1S/C13H25BrO2/c1-6-16-11(15)7-8-12(2,3)9-13(4,5)10-14/h6-10H2,1-5H3. The fraction of sp³-hybridized carbons (Fsp3) is 0.923. The van der Waals surface area contributed by atoms with E-state index in [9.17, 15) is 4.79 Å². The zero-order chi connectivity index (χ0) is 12.8. The Morgan fingerprint density at radius 3 is 2.19 bits per heavy atom. The third-order valence-electron chi connectivity index (χ3n) is 2.63. The van der Waals surface area contributed by atoms with E-state index in [0.717, 1.165) is 18.2 Å². The zero-order valence-electron chi connectivity index (χ0n) is 11.2. The molecule has 0 amide bonds. The van der Waals surface area contributed by atoms with Crippen molar-refractivity contribution in [3.8, 4) is 0 Å². The van der Waals surface area contributed by atoms with E-state index >= 15 is 0 Å². The maximum absolute atomic E-state index is 11.3. The van der Waals surface area contributed by atoms with Crippen LogP contribution in [0.15, 0.2) is 0 Å². The van der Waals surface area contributed by atoms with Crippen molar-refractivity contribution in [2.24, 2.45) is 10.8 Å². The van der Waals surface area contributed by atoms with Gasteiger partial charge in [0.05, 0.1) is 6.61 Å². The number of carbonyl (C=O) groups is 1. The van der Waals surface area contributed by atoms with Crippen molar-refractivity contribution < 1.29 is 9.53 Å². The highest BCUT2D eigenvalue weighted by Crippen LogP contribution is 2.37. The lowest BCUT2D eigenvalue weighted by atomic mass is 9.74. The Kier molecular flexibility index (Phi) is 6.61. The van der Waals surface area contributed by atoms with Crippen molar-refractivity contribution in [2.45, 2.75) is 53.9 Å². The maximum Gasteiger partial charge on any atom is 0.305 e. The summed E-state index contributed by atoms with van der Waals surface area (Å²) in [5.41, 5.74) is 0.461. The molecule has 96 valence electrons. The molecule has 2 nitrogen and oxygen atoms in total. The van der Waals surface area contributed by atoms with E-state index in [4.69, 9.17) is 4.74 Å². The first-order valence-corrected chi connectivity index (χ1v) is 7.06. The Morgan fingerprint density at radius 1 is 1.19 bits per heavy atom. The van der Waals surface area contributed by atoms with Gasteiger partial charge in [0.25, 0.3) is 0 Å². The predicted octanol–water partition coefficient (Wildman–Crippen LogP) is 4.17. The van der Waals surface area contributed by atoms with E-state index in [-0.39, 0.29) is 16.8 Å². The molecule has 0 aliphatic heterocycles. The molecule has 0 rings (SSSR count). The first-order chi connectivity index (χ1) is 7.22. The van der Waals surface area contributed by atoms with E-state index in [0.29, 0.717) is 13.0 Å². The molecule has 16 heavy (non-hydrogen) atoms. The highest BCUT2D eigenvalue weighted by atomic mass is 79.9. The summed E-state index contributed by atoms with van der Waals surface area (Å²) < 4.78 is 4.95. The van der Waals surface area contributed by atoms with E-state index in [1.165, 1.54) is 0 Å². The number of ether oxygens (including phenoxy) is 1. The van der Waals surface area contributed by atoms with Crippen LogP contribution in [0.25, 0.3) is 0 Å². The fourth-order valence-corrected chi connectivity index (χ4v) is 2.30. The second-order valence-electron chi connectivity index (χ2n) is 5.94. The van der Waals surface area contributed by atoms with Crippen molar-refractivity contribution >= 4 is 21.9 Å². The first kappa shape index (κ1) is 16.0. The molecule has 0 fully saturated rings. The molecule has 0 aliphatic rings. The molecule has 0 aromatic carbocycles. The van der Waals surface area contributed by atoms with Gasteiger partial charge in [0.2, 0.25) is 0 Å². The van der Waals surface area contributed by atoms with Crippen molar-refractivity contribution in [2.75, 3.05) is 11.9 Å². The number of halogens is 1. The summed E-state index contributed by atoms with van der Waals surface area (Å²) in [7, 11) is 0. The number of carbonyl (C=O) groups excluding carboxylic acids is 1. The average Bonchev–Trinajstić information content (AvgIpc) is 2.14. The largest absolute Gasteiger partial charge is 0.466 e. The van der Waals surface area contributed by atoms with Crippen molar-refractivity contribution in [1.82, 2.24) is 0 Å². The Balaban J connectivity index is 4.09.